The molecule has 1 aromatic rings. The Bertz CT molecular complexity index is 331. The molecule has 1 heteroatoms. The van der Waals surface area contributed by atoms with Crippen LogP contribution in [0, 0.1) is 12.3 Å². The largest absolute Gasteiger partial charge is 0.145 e. The Balaban J connectivity index is 2.97. The molecule has 0 atom stereocenters. The van der Waals surface area contributed by atoms with E-state index in [1.54, 1.807) is 4.88 Å². The highest BCUT2D eigenvalue weighted by atomic mass is 32.1. The second kappa shape index (κ2) is 3.93. The van der Waals surface area contributed by atoms with Gasteiger partial charge in [-0.05, 0) is 35.8 Å². The summed E-state index contributed by atoms with van der Waals surface area (Å²) in [6.45, 7) is 16.0. The maximum absolute atomic E-state index is 2.37. The van der Waals surface area contributed by atoms with Gasteiger partial charge in [0.1, 0.15) is 0 Å². The number of thiophene rings is 1. The molecule has 0 amide bonds. The van der Waals surface area contributed by atoms with E-state index in [2.05, 4.69) is 54.5 Å². The first kappa shape index (κ1) is 12.8. The lowest BCUT2D eigenvalue weighted by atomic mass is 9.90. The molecule has 15 heavy (non-hydrogen) atoms. The van der Waals surface area contributed by atoms with Crippen LogP contribution in [0.25, 0.3) is 0 Å². The van der Waals surface area contributed by atoms with Gasteiger partial charge in [0.2, 0.25) is 0 Å². The van der Waals surface area contributed by atoms with Crippen LogP contribution in [0.2, 0.25) is 0 Å². The monoisotopic (exact) mass is 224 g/mol. The second-order valence-corrected chi connectivity index (χ2v) is 7.85. The molecule has 0 aliphatic rings. The van der Waals surface area contributed by atoms with Gasteiger partial charge in [0.05, 0.1) is 0 Å². The van der Waals surface area contributed by atoms with Gasteiger partial charge in [0, 0.05) is 9.75 Å². The van der Waals surface area contributed by atoms with Crippen molar-refractivity contribution in [1.82, 2.24) is 0 Å². The van der Waals surface area contributed by atoms with Crippen LogP contribution in [-0.4, -0.2) is 0 Å². The van der Waals surface area contributed by atoms with Crippen molar-refractivity contribution >= 4 is 11.3 Å². The van der Waals surface area contributed by atoms with Crippen molar-refractivity contribution in [2.75, 3.05) is 0 Å². The third-order valence-corrected chi connectivity index (χ3v) is 4.02. The predicted octanol–water partition coefficient (Wildman–Crippen LogP) is 4.94. The summed E-state index contributed by atoms with van der Waals surface area (Å²) >= 11 is 1.99. The Morgan fingerprint density at radius 1 is 1.07 bits per heavy atom. The predicted molar refractivity (Wildman–Crippen MR) is 70.9 cm³/mol. The zero-order valence-electron chi connectivity index (χ0n) is 11.2. The van der Waals surface area contributed by atoms with Gasteiger partial charge >= 0.3 is 0 Å². The Kier molecular flexibility index (Phi) is 3.35. The van der Waals surface area contributed by atoms with Crippen molar-refractivity contribution in [3.63, 3.8) is 0 Å². The van der Waals surface area contributed by atoms with E-state index in [-0.39, 0.29) is 0 Å². The van der Waals surface area contributed by atoms with Gasteiger partial charge in [-0.2, -0.15) is 0 Å². The number of hydrogen-bond acceptors (Lipinski definition) is 1. The summed E-state index contributed by atoms with van der Waals surface area (Å²) in [7, 11) is 0. The Morgan fingerprint density at radius 2 is 1.60 bits per heavy atom. The van der Waals surface area contributed by atoms with E-state index in [1.165, 1.54) is 16.9 Å². The molecule has 0 aliphatic carbocycles. The van der Waals surface area contributed by atoms with Crippen LogP contribution in [0.1, 0.15) is 56.9 Å². The summed E-state index contributed by atoms with van der Waals surface area (Å²) < 4.78 is 0. The topological polar surface area (TPSA) is 0 Å². The molecule has 1 heterocycles. The molecule has 0 radical (unpaired) electrons. The first-order valence-corrected chi connectivity index (χ1v) is 6.51. The smallest absolute Gasteiger partial charge is 0.0131 e. The van der Waals surface area contributed by atoms with E-state index >= 15 is 0 Å². The zero-order chi connectivity index (χ0) is 11.9. The molecule has 1 rings (SSSR count). The highest BCUT2D eigenvalue weighted by molar-refractivity contribution is 7.12. The molecule has 0 N–H and O–H groups in total. The lowest BCUT2D eigenvalue weighted by Crippen LogP contribution is -2.10. The van der Waals surface area contributed by atoms with Gasteiger partial charge in [0.15, 0.2) is 0 Å². The standard InChI is InChI=1S/C14H24S/c1-10-8-11(9-13(2,3)4)15-12(10)14(5,6)7/h8H,9H2,1-7H3. The molecule has 0 bridgehead atoms. The van der Waals surface area contributed by atoms with E-state index < -0.39 is 0 Å². The minimum absolute atomic E-state index is 0.297. The molecule has 0 unspecified atom stereocenters. The van der Waals surface area contributed by atoms with Gasteiger partial charge in [-0.3, -0.25) is 0 Å². The third kappa shape index (κ3) is 3.64. The first-order chi connectivity index (χ1) is 6.59. The van der Waals surface area contributed by atoms with E-state index in [1.807, 2.05) is 11.3 Å². The maximum atomic E-state index is 2.37. The van der Waals surface area contributed by atoms with Crippen LogP contribution in [0.15, 0.2) is 6.07 Å². The average molecular weight is 224 g/mol. The van der Waals surface area contributed by atoms with E-state index in [4.69, 9.17) is 0 Å². The summed E-state index contributed by atoms with van der Waals surface area (Å²) in [6.07, 6.45) is 1.19. The molecule has 0 saturated carbocycles. The molecular weight excluding hydrogens is 200 g/mol. The summed E-state index contributed by atoms with van der Waals surface area (Å²) in [4.78, 5) is 3.08. The summed E-state index contributed by atoms with van der Waals surface area (Å²) in [5.41, 5.74) is 2.16. The van der Waals surface area contributed by atoms with Gasteiger partial charge in [-0.25, -0.2) is 0 Å². The van der Waals surface area contributed by atoms with E-state index in [9.17, 15) is 0 Å². The van der Waals surface area contributed by atoms with E-state index in [0.717, 1.165) is 0 Å². The molecule has 0 aliphatic heterocycles. The van der Waals surface area contributed by atoms with Crippen molar-refractivity contribution < 1.29 is 0 Å². The highest BCUT2D eigenvalue weighted by Gasteiger charge is 2.21. The van der Waals surface area contributed by atoms with Crippen molar-refractivity contribution in [1.29, 1.82) is 0 Å². The Hall–Kier alpha value is -0.300. The molecular formula is C14H24S. The molecule has 1 aromatic heterocycles. The fraction of sp³-hybridized carbons (Fsp3) is 0.714. The van der Waals surface area contributed by atoms with Crippen molar-refractivity contribution in [2.24, 2.45) is 5.41 Å². The molecule has 0 saturated heterocycles. The quantitative estimate of drug-likeness (QED) is 0.633. The van der Waals surface area contributed by atoms with Crippen molar-refractivity contribution in [3.05, 3.63) is 21.4 Å². The van der Waals surface area contributed by atoms with Gasteiger partial charge in [-0.1, -0.05) is 41.5 Å². The fourth-order valence-electron chi connectivity index (χ4n) is 1.90. The van der Waals surface area contributed by atoms with Crippen molar-refractivity contribution in [3.8, 4) is 0 Å². The number of aryl methyl sites for hydroxylation is 1. The minimum atomic E-state index is 0.297. The van der Waals surface area contributed by atoms with Gasteiger partial charge < -0.3 is 0 Å². The summed E-state index contributed by atoms with van der Waals surface area (Å²) in [5, 5.41) is 0. The van der Waals surface area contributed by atoms with E-state index in [0.29, 0.717) is 10.8 Å². The lowest BCUT2D eigenvalue weighted by molar-refractivity contribution is 0.414. The normalized spacial score (nSPS) is 13.3. The Morgan fingerprint density at radius 3 is 1.93 bits per heavy atom. The highest BCUT2D eigenvalue weighted by Crippen LogP contribution is 2.35. The molecule has 0 nitrogen and oxygen atoms in total. The molecule has 0 aromatic carbocycles. The van der Waals surface area contributed by atoms with Gasteiger partial charge in [-0.15, -0.1) is 11.3 Å². The SMILES string of the molecule is Cc1cc(CC(C)(C)C)sc1C(C)(C)C. The minimum Gasteiger partial charge on any atom is -0.145 e. The van der Waals surface area contributed by atoms with Gasteiger partial charge in [0.25, 0.3) is 0 Å². The van der Waals surface area contributed by atoms with Crippen molar-refractivity contribution in [2.45, 2.75) is 60.3 Å². The van der Waals surface area contributed by atoms with Crippen LogP contribution in [0.4, 0.5) is 0 Å². The van der Waals surface area contributed by atoms with Crippen LogP contribution >= 0.6 is 11.3 Å². The summed E-state index contributed by atoms with van der Waals surface area (Å²) in [5.74, 6) is 0. The Labute approximate surface area is 98.7 Å². The van der Waals surface area contributed by atoms with Crippen LogP contribution < -0.4 is 0 Å². The molecule has 0 fully saturated rings. The zero-order valence-corrected chi connectivity index (χ0v) is 12.0. The van der Waals surface area contributed by atoms with Crippen LogP contribution in [0.5, 0.6) is 0 Å². The first-order valence-electron chi connectivity index (χ1n) is 5.69. The second-order valence-electron chi connectivity index (χ2n) is 6.71. The lowest BCUT2D eigenvalue weighted by Gasteiger charge is -2.18. The molecule has 86 valence electrons. The van der Waals surface area contributed by atoms with Crippen LogP contribution in [-0.2, 0) is 11.8 Å². The molecule has 0 spiro atoms. The number of rotatable bonds is 1. The number of hydrogen-bond donors (Lipinski definition) is 0. The fourth-order valence-corrected chi connectivity index (χ4v) is 3.43. The maximum Gasteiger partial charge on any atom is 0.0131 e. The average Bonchev–Trinajstić information content (AvgIpc) is 2.25. The third-order valence-electron chi connectivity index (χ3n) is 2.35. The summed E-state index contributed by atoms with van der Waals surface area (Å²) in [6, 6.07) is 2.37. The van der Waals surface area contributed by atoms with Crippen LogP contribution in [0.3, 0.4) is 0 Å².